The zero-order valence-electron chi connectivity index (χ0n) is 10.8. The number of hydrazone groups is 1. The van der Waals surface area contributed by atoms with Crippen LogP contribution < -0.4 is 15.9 Å². The lowest BCUT2D eigenvalue weighted by Gasteiger charge is -2.08. The third-order valence-corrected chi connectivity index (χ3v) is 2.53. The smallest absolute Gasteiger partial charge is 0.332 e. The standard InChI is InChI=1S/C15H15N3O2/c16-15(19)18-17-10-13-8-4-5-9-14(13)20-11-12-6-2-1-3-7-12/h1-10H,11H2,(H3,16,18,19). The van der Waals surface area contributed by atoms with Crippen molar-refractivity contribution in [3.05, 3.63) is 65.7 Å². The monoisotopic (exact) mass is 269 g/mol. The van der Waals surface area contributed by atoms with Crippen LogP contribution >= 0.6 is 0 Å². The van der Waals surface area contributed by atoms with Gasteiger partial charge in [0.2, 0.25) is 0 Å². The second-order valence-electron chi connectivity index (χ2n) is 4.05. The van der Waals surface area contributed by atoms with E-state index in [1.165, 1.54) is 6.21 Å². The molecule has 0 saturated heterocycles. The van der Waals surface area contributed by atoms with Gasteiger partial charge in [-0.05, 0) is 17.7 Å². The minimum Gasteiger partial charge on any atom is -0.488 e. The van der Waals surface area contributed by atoms with Gasteiger partial charge in [-0.2, -0.15) is 5.10 Å². The number of carbonyl (C=O) groups excluding carboxylic acids is 1. The first kappa shape index (κ1) is 13.6. The van der Waals surface area contributed by atoms with Crippen molar-refractivity contribution < 1.29 is 9.53 Å². The number of ether oxygens (including phenoxy) is 1. The Morgan fingerprint density at radius 1 is 1.15 bits per heavy atom. The highest BCUT2D eigenvalue weighted by Crippen LogP contribution is 2.17. The van der Waals surface area contributed by atoms with Crippen molar-refractivity contribution in [1.82, 2.24) is 5.43 Å². The zero-order valence-corrected chi connectivity index (χ0v) is 10.8. The van der Waals surface area contributed by atoms with Gasteiger partial charge in [0.05, 0.1) is 6.21 Å². The van der Waals surface area contributed by atoms with Gasteiger partial charge in [-0.3, -0.25) is 0 Å². The molecule has 0 bridgehead atoms. The number of primary amides is 1. The molecule has 2 aromatic carbocycles. The Hall–Kier alpha value is -2.82. The number of hydrogen-bond donors (Lipinski definition) is 2. The number of hydrogen-bond acceptors (Lipinski definition) is 3. The molecule has 0 unspecified atom stereocenters. The van der Waals surface area contributed by atoms with Crippen LogP contribution in [-0.2, 0) is 6.61 Å². The van der Waals surface area contributed by atoms with Crippen LogP contribution in [0.1, 0.15) is 11.1 Å². The molecule has 20 heavy (non-hydrogen) atoms. The van der Waals surface area contributed by atoms with Gasteiger partial charge in [0.1, 0.15) is 12.4 Å². The lowest BCUT2D eigenvalue weighted by molar-refractivity contribution is 0.249. The molecule has 5 heteroatoms. The lowest BCUT2D eigenvalue weighted by atomic mass is 10.2. The molecular weight excluding hydrogens is 254 g/mol. The Balaban J connectivity index is 2.04. The molecule has 0 radical (unpaired) electrons. The van der Waals surface area contributed by atoms with Gasteiger partial charge in [-0.1, -0.05) is 42.5 Å². The van der Waals surface area contributed by atoms with Crippen LogP contribution in [0, 0.1) is 0 Å². The molecule has 0 saturated carbocycles. The maximum absolute atomic E-state index is 10.6. The van der Waals surface area contributed by atoms with Gasteiger partial charge in [-0.15, -0.1) is 0 Å². The van der Waals surface area contributed by atoms with Crippen molar-refractivity contribution >= 4 is 12.2 Å². The van der Waals surface area contributed by atoms with E-state index in [-0.39, 0.29) is 0 Å². The molecule has 0 aliphatic carbocycles. The molecule has 0 atom stereocenters. The lowest BCUT2D eigenvalue weighted by Crippen LogP contribution is -2.24. The Bertz CT molecular complexity index is 597. The van der Waals surface area contributed by atoms with Crippen molar-refractivity contribution in [2.24, 2.45) is 10.8 Å². The van der Waals surface area contributed by atoms with E-state index in [9.17, 15) is 4.79 Å². The second-order valence-corrected chi connectivity index (χ2v) is 4.05. The highest BCUT2D eigenvalue weighted by atomic mass is 16.5. The van der Waals surface area contributed by atoms with Crippen LogP contribution in [0.3, 0.4) is 0 Å². The number of urea groups is 1. The van der Waals surface area contributed by atoms with Crippen LogP contribution in [0.4, 0.5) is 4.79 Å². The van der Waals surface area contributed by atoms with Crippen LogP contribution in [0.2, 0.25) is 0 Å². The van der Waals surface area contributed by atoms with E-state index in [1.807, 2.05) is 54.6 Å². The normalized spacial score (nSPS) is 10.4. The highest BCUT2D eigenvalue weighted by molar-refractivity contribution is 5.84. The summed E-state index contributed by atoms with van der Waals surface area (Å²) in [7, 11) is 0. The summed E-state index contributed by atoms with van der Waals surface area (Å²) in [6, 6.07) is 16.6. The van der Waals surface area contributed by atoms with E-state index in [0.717, 1.165) is 11.1 Å². The van der Waals surface area contributed by atoms with E-state index in [4.69, 9.17) is 10.5 Å². The Kier molecular flexibility index (Phi) is 4.72. The van der Waals surface area contributed by atoms with Crippen molar-refractivity contribution in [3.63, 3.8) is 0 Å². The quantitative estimate of drug-likeness (QED) is 0.645. The average molecular weight is 269 g/mol. The zero-order chi connectivity index (χ0) is 14.2. The highest BCUT2D eigenvalue weighted by Gasteiger charge is 2.01. The number of carbonyl (C=O) groups is 1. The molecule has 3 N–H and O–H groups in total. The minimum absolute atomic E-state index is 0.467. The number of para-hydroxylation sites is 1. The summed E-state index contributed by atoms with van der Waals surface area (Å²) in [6.45, 7) is 0.467. The van der Waals surface area contributed by atoms with Gasteiger partial charge < -0.3 is 10.5 Å². The number of nitrogens with two attached hydrogens (primary N) is 1. The van der Waals surface area contributed by atoms with E-state index in [1.54, 1.807) is 0 Å². The first-order chi connectivity index (χ1) is 9.75. The molecule has 102 valence electrons. The van der Waals surface area contributed by atoms with Crippen molar-refractivity contribution in [2.45, 2.75) is 6.61 Å². The van der Waals surface area contributed by atoms with Gasteiger partial charge in [0, 0.05) is 5.56 Å². The summed E-state index contributed by atoms with van der Waals surface area (Å²) in [5, 5.41) is 3.73. The van der Waals surface area contributed by atoms with Crippen molar-refractivity contribution in [2.75, 3.05) is 0 Å². The van der Waals surface area contributed by atoms with Crippen LogP contribution in [0.15, 0.2) is 59.7 Å². The predicted molar refractivity (Wildman–Crippen MR) is 77.5 cm³/mol. The fourth-order valence-corrected chi connectivity index (χ4v) is 1.62. The average Bonchev–Trinajstić information content (AvgIpc) is 2.47. The molecule has 2 amide bonds. The molecule has 5 nitrogen and oxygen atoms in total. The molecule has 0 heterocycles. The molecular formula is C15H15N3O2. The first-order valence-electron chi connectivity index (χ1n) is 6.10. The molecule has 2 rings (SSSR count). The topological polar surface area (TPSA) is 76.7 Å². The van der Waals surface area contributed by atoms with Crippen LogP contribution in [-0.4, -0.2) is 12.2 Å². The summed E-state index contributed by atoms with van der Waals surface area (Å²) in [5.74, 6) is 0.686. The van der Waals surface area contributed by atoms with Crippen molar-refractivity contribution in [1.29, 1.82) is 0 Å². The maximum atomic E-state index is 10.6. The molecule has 0 spiro atoms. The summed E-state index contributed by atoms with van der Waals surface area (Å²) in [5.41, 5.74) is 8.92. The second kappa shape index (κ2) is 6.94. The third kappa shape index (κ3) is 4.13. The largest absolute Gasteiger partial charge is 0.488 e. The first-order valence-corrected chi connectivity index (χ1v) is 6.10. The molecule has 0 fully saturated rings. The number of nitrogens with one attached hydrogen (secondary N) is 1. The van der Waals surface area contributed by atoms with E-state index in [0.29, 0.717) is 12.4 Å². The van der Waals surface area contributed by atoms with Gasteiger partial charge in [0.25, 0.3) is 0 Å². The maximum Gasteiger partial charge on any atom is 0.332 e. The number of rotatable bonds is 5. The number of amides is 2. The molecule has 2 aromatic rings. The van der Waals surface area contributed by atoms with Crippen LogP contribution in [0.25, 0.3) is 0 Å². The SMILES string of the molecule is NC(=O)NN=Cc1ccccc1OCc1ccccc1. The third-order valence-electron chi connectivity index (χ3n) is 2.53. The number of nitrogens with zero attached hydrogens (tertiary/aromatic N) is 1. The van der Waals surface area contributed by atoms with E-state index in [2.05, 4.69) is 10.5 Å². The molecule has 0 aliphatic heterocycles. The fraction of sp³-hybridized carbons (Fsp3) is 0.0667. The van der Waals surface area contributed by atoms with Crippen LogP contribution in [0.5, 0.6) is 5.75 Å². The molecule has 0 aliphatic rings. The van der Waals surface area contributed by atoms with Gasteiger partial charge in [-0.25, -0.2) is 10.2 Å². The van der Waals surface area contributed by atoms with Gasteiger partial charge >= 0.3 is 6.03 Å². The van der Waals surface area contributed by atoms with E-state index < -0.39 is 6.03 Å². The van der Waals surface area contributed by atoms with Gasteiger partial charge in [0.15, 0.2) is 0 Å². The summed E-state index contributed by atoms with van der Waals surface area (Å²) in [4.78, 5) is 10.6. The molecule has 0 aromatic heterocycles. The summed E-state index contributed by atoms with van der Waals surface area (Å²) < 4.78 is 5.75. The Labute approximate surface area is 117 Å². The van der Waals surface area contributed by atoms with E-state index >= 15 is 0 Å². The Morgan fingerprint density at radius 2 is 1.85 bits per heavy atom. The minimum atomic E-state index is -0.705. The van der Waals surface area contributed by atoms with Crippen molar-refractivity contribution in [3.8, 4) is 5.75 Å². The summed E-state index contributed by atoms with van der Waals surface area (Å²) >= 11 is 0. The fourth-order valence-electron chi connectivity index (χ4n) is 1.62. The Morgan fingerprint density at radius 3 is 2.60 bits per heavy atom. The summed E-state index contributed by atoms with van der Waals surface area (Å²) in [6.07, 6.45) is 1.49. The number of benzene rings is 2. The predicted octanol–water partition coefficient (Wildman–Crippen LogP) is 2.27.